The Morgan fingerprint density at radius 1 is 1.22 bits per heavy atom. The molecule has 0 bridgehead atoms. The Kier molecular flexibility index (Phi) is 6.53. The predicted octanol–water partition coefficient (Wildman–Crippen LogP) is 2.09. The minimum absolute atomic E-state index is 0.0278. The van der Waals surface area contributed by atoms with E-state index in [1.54, 1.807) is 19.1 Å². The van der Waals surface area contributed by atoms with Crippen LogP contribution in [0.5, 0.6) is 0 Å². The van der Waals surface area contributed by atoms with E-state index < -0.39 is 28.5 Å². The van der Waals surface area contributed by atoms with Crippen LogP contribution in [-0.4, -0.2) is 50.3 Å². The molecule has 0 fully saturated rings. The number of esters is 1. The third-order valence-corrected chi connectivity index (χ3v) is 5.75. The summed E-state index contributed by atoms with van der Waals surface area (Å²) in [6.07, 6.45) is 1.35. The number of rotatable bonds is 6. The monoisotopic (exact) mass is 411 g/mol. The Morgan fingerprint density at radius 3 is 2.52 bits per heavy atom. The zero-order valence-corrected chi connectivity index (χ0v) is 16.5. The van der Waals surface area contributed by atoms with Crippen LogP contribution in [-0.2, 0) is 19.6 Å². The SMILES string of the molecule is Cc1ccc(C(=O)OCC(=O)Nc2ccc(Cl)c(S(=O)(=O)N(C)C)c2)cn1. The Bertz CT molecular complexity index is 959. The van der Waals surface area contributed by atoms with Crippen molar-refractivity contribution in [1.29, 1.82) is 0 Å². The quantitative estimate of drug-likeness (QED) is 0.729. The van der Waals surface area contributed by atoms with Crippen molar-refractivity contribution in [3.8, 4) is 0 Å². The number of amides is 1. The van der Waals surface area contributed by atoms with Gasteiger partial charge in [-0.25, -0.2) is 17.5 Å². The van der Waals surface area contributed by atoms with Crippen molar-refractivity contribution in [2.75, 3.05) is 26.0 Å². The number of sulfonamides is 1. The highest BCUT2D eigenvalue weighted by Crippen LogP contribution is 2.26. The molecule has 0 unspecified atom stereocenters. The fourth-order valence-corrected chi connectivity index (χ4v) is 3.37. The van der Waals surface area contributed by atoms with Gasteiger partial charge in [-0.15, -0.1) is 0 Å². The number of ether oxygens (including phenoxy) is 1. The molecule has 2 aromatic rings. The lowest BCUT2D eigenvalue weighted by atomic mass is 10.2. The molecule has 1 amide bonds. The molecule has 1 aromatic heterocycles. The number of carbonyl (C=O) groups is 2. The normalized spacial score (nSPS) is 11.3. The van der Waals surface area contributed by atoms with Crippen LogP contribution in [0, 0.1) is 6.92 Å². The number of nitrogens with zero attached hydrogens (tertiary/aromatic N) is 2. The van der Waals surface area contributed by atoms with Crippen LogP contribution < -0.4 is 5.32 Å². The fraction of sp³-hybridized carbons (Fsp3) is 0.235. The maximum Gasteiger partial charge on any atom is 0.340 e. The zero-order chi connectivity index (χ0) is 20.2. The first-order valence-electron chi connectivity index (χ1n) is 7.73. The van der Waals surface area contributed by atoms with Gasteiger partial charge in [-0.1, -0.05) is 11.6 Å². The van der Waals surface area contributed by atoms with Crippen molar-refractivity contribution < 1.29 is 22.7 Å². The van der Waals surface area contributed by atoms with E-state index in [0.29, 0.717) is 0 Å². The van der Waals surface area contributed by atoms with Crippen LogP contribution in [0.15, 0.2) is 41.4 Å². The van der Waals surface area contributed by atoms with Crippen LogP contribution in [0.2, 0.25) is 5.02 Å². The standard InChI is InChI=1S/C17H18ClN3O5S/c1-11-4-5-12(9-19-11)17(23)26-10-16(22)20-13-6-7-14(18)15(8-13)27(24,25)21(2)3/h4-9H,10H2,1-3H3,(H,20,22). The van der Waals surface area contributed by atoms with E-state index in [4.69, 9.17) is 16.3 Å². The van der Waals surface area contributed by atoms with Gasteiger partial charge in [0, 0.05) is 31.7 Å². The Labute approximate surface area is 162 Å². The molecule has 0 atom stereocenters. The number of aromatic nitrogens is 1. The first-order valence-corrected chi connectivity index (χ1v) is 9.55. The molecule has 144 valence electrons. The highest BCUT2D eigenvalue weighted by Gasteiger charge is 2.21. The molecule has 27 heavy (non-hydrogen) atoms. The van der Waals surface area contributed by atoms with Crippen LogP contribution in [0.1, 0.15) is 16.1 Å². The summed E-state index contributed by atoms with van der Waals surface area (Å²) in [7, 11) is -1.03. The lowest BCUT2D eigenvalue weighted by molar-refractivity contribution is -0.119. The number of pyridine rings is 1. The third-order valence-electron chi connectivity index (χ3n) is 3.46. The Morgan fingerprint density at radius 2 is 1.93 bits per heavy atom. The highest BCUT2D eigenvalue weighted by atomic mass is 35.5. The molecule has 1 N–H and O–H groups in total. The fourth-order valence-electron chi connectivity index (χ4n) is 1.98. The van der Waals surface area contributed by atoms with Crippen LogP contribution in [0.4, 0.5) is 5.69 Å². The van der Waals surface area contributed by atoms with Gasteiger partial charge in [0.1, 0.15) is 4.90 Å². The number of benzene rings is 1. The van der Waals surface area contributed by atoms with Gasteiger partial charge in [0.25, 0.3) is 5.91 Å². The molecule has 1 aromatic carbocycles. The molecule has 0 aliphatic carbocycles. The molecule has 0 radical (unpaired) electrons. The van der Waals surface area contributed by atoms with E-state index in [1.807, 2.05) is 0 Å². The average Bonchev–Trinajstić information content (AvgIpc) is 2.61. The van der Waals surface area contributed by atoms with Crippen molar-refractivity contribution in [1.82, 2.24) is 9.29 Å². The van der Waals surface area contributed by atoms with Crippen LogP contribution >= 0.6 is 11.6 Å². The molecular weight excluding hydrogens is 394 g/mol. The number of carbonyl (C=O) groups excluding carboxylic acids is 2. The smallest absolute Gasteiger partial charge is 0.340 e. The second kappa shape index (κ2) is 8.47. The van der Waals surface area contributed by atoms with E-state index >= 15 is 0 Å². The number of hydrogen-bond donors (Lipinski definition) is 1. The predicted molar refractivity (Wildman–Crippen MR) is 100 cm³/mol. The minimum atomic E-state index is -3.77. The van der Waals surface area contributed by atoms with E-state index in [9.17, 15) is 18.0 Å². The minimum Gasteiger partial charge on any atom is -0.452 e. The van der Waals surface area contributed by atoms with Crippen LogP contribution in [0.3, 0.4) is 0 Å². The maximum absolute atomic E-state index is 12.2. The number of hydrogen-bond acceptors (Lipinski definition) is 6. The van der Waals surface area contributed by atoms with Gasteiger partial charge in [-0.2, -0.15) is 0 Å². The molecule has 2 rings (SSSR count). The van der Waals surface area contributed by atoms with Crippen molar-refractivity contribution in [3.05, 3.63) is 52.8 Å². The van der Waals surface area contributed by atoms with Crippen molar-refractivity contribution in [2.45, 2.75) is 11.8 Å². The van der Waals surface area contributed by atoms with E-state index in [2.05, 4.69) is 10.3 Å². The first kappa shape index (κ1) is 20.8. The number of nitrogens with one attached hydrogen (secondary N) is 1. The highest BCUT2D eigenvalue weighted by molar-refractivity contribution is 7.89. The van der Waals surface area contributed by atoms with Gasteiger partial charge in [0.05, 0.1) is 10.6 Å². The molecule has 10 heteroatoms. The average molecular weight is 412 g/mol. The topological polar surface area (TPSA) is 106 Å². The molecule has 0 spiro atoms. The van der Waals surface area contributed by atoms with E-state index in [1.165, 1.54) is 38.5 Å². The van der Waals surface area contributed by atoms with Crippen molar-refractivity contribution in [2.24, 2.45) is 0 Å². The second-order valence-corrected chi connectivity index (χ2v) is 8.27. The molecule has 0 saturated carbocycles. The molecule has 0 aliphatic heterocycles. The first-order chi connectivity index (χ1) is 12.6. The molecule has 0 aliphatic rings. The lowest BCUT2D eigenvalue weighted by Gasteiger charge is -2.14. The van der Waals surface area contributed by atoms with Gasteiger partial charge in [-0.05, 0) is 37.3 Å². The number of aryl methyl sites for hydroxylation is 1. The third kappa shape index (κ3) is 5.25. The lowest BCUT2D eigenvalue weighted by Crippen LogP contribution is -2.23. The van der Waals surface area contributed by atoms with Crippen molar-refractivity contribution >= 4 is 39.2 Å². The van der Waals surface area contributed by atoms with Gasteiger partial charge < -0.3 is 10.1 Å². The van der Waals surface area contributed by atoms with Gasteiger partial charge in [0.2, 0.25) is 10.0 Å². The number of anilines is 1. The molecule has 0 saturated heterocycles. The van der Waals surface area contributed by atoms with E-state index in [0.717, 1.165) is 10.00 Å². The van der Waals surface area contributed by atoms with Gasteiger partial charge in [0.15, 0.2) is 6.61 Å². The summed E-state index contributed by atoms with van der Waals surface area (Å²) in [5, 5.41) is 2.49. The maximum atomic E-state index is 12.2. The van der Waals surface area contributed by atoms with Gasteiger partial charge in [-0.3, -0.25) is 9.78 Å². The molecule has 1 heterocycles. The Hall–Kier alpha value is -2.49. The number of halogens is 1. The zero-order valence-electron chi connectivity index (χ0n) is 14.9. The summed E-state index contributed by atoms with van der Waals surface area (Å²) in [6, 6.07) is 7.23. The second-order valence-electron chi connectivity index (χ2n) is 5.75. The summed E-state index contributed by atoms with van der Waals surface area (Å²) in [4.78, 5) is 27.7. The summed E-state index contributed by atoms with van der Waals surface area (Å²) < 4.78 is 30.4. The largest absolute Gasteiger partial charge is 0.452 e. The summed E-state index contributed by atoms with van der Waals surface area (Å²) in [6.45, 7) is 1.24. The van der Waals surface area contributed by atoms with Gasteiger partial charge >= 0.3 is 5.97 Å². The van der Waals surface area contributed by atoms with E-state index in [-0.39, 0.29) is 21.2 Å². The summed E-state index contributed by atoms with van der Waals surface area (Å²) in [5.74, 6) is -1.32. The molecular formula is C17H18ClN3O5S. The summed E-state index contributed by atoms with van der Waals surface area (Å²) >= 11 is 5.95. The molecule has 8 nitrogen and oxygen atoms in total. The Balaban J connectivity index is 2.04. The van der Waals surface area contributed by atoms with Crippen molar-refractivity contribution in [3.63, 3.8) is 0 Å². The summed E-state index contributed by atoms with van der Waals surface area (Å²) in [5.41, 5.74) is 1.17. The van der Waals surface area contributed by atoms with Crippen LogP contribution in [0.25, 0.3) is 0 Å².